The Morgan fingerprint density at radius 2 is 1.62 bits per heavy atom. The van der Waals surface area contributed by atoms with Crippen LogP contribution in [-0.4, -0.2) is 78.2 Å². The fraction of sp³-hybridized carbons (Fsp3) is 0.591. The number of aromatic nitrogens is 3. The summed E-state index contributed by atoms with van der Waals surface area (Å²) in [6.07, 6.45) is 2.77. The Hall–Kier alpha value is -2.25. The lowest BCUT2D eigenvalue weighted by atomic mass is 10.1. The van der Waals surface area contributed by atoms with Crippen molar-refractivity contribution < 1.29 is 14.6 Å². The molecule has 7 heteroatoms. The Bertz CT molecular complexity index is 862. The fourth-order valence-electron chi connectivity index (χ4n) is 4.62. The van der Waals surface area contributed by atoms with E-state index in [1.807, 2.05) is 30.9 Å². The van der Waals surface area contributed by atoms with Crippen molar-refractivity contribution in [3.8, 4) is 5.69 Å². The average Bonchev–Trinajstić information content (AvgIpc) is 3.36. The van der Waals surface area contributed by atoms with Gasteiger partial charge in [-0.05, 0) is 32.4 Å². The number of piperazine rings is 1. The van der Waals surface area contributed by atoms with Crippen molar-refractivity contribution in [3.05, 3.63) is 40.7 Å². The first kappa shape index (κ1) is 20.0. The summed E-state index contributed by atoms with van der Waals surface area (Å²) in [6, 6.07) is 6.18. The maximum atomic E-state index is 13.1. The lowest BCUT2D eigenvalue weighted by molar-refractivity contribution is -0.954. The Kier molecular flexibility index (Phi) is 5.96. The molecule has 0 bridgehead atoms. The zero-order chi connectivity index (χ0) is 20.4. The van der Waals surface area contributed by atoms with Gasteiger partial charge in [-0.15, -0.1) is 5.10 Å². The van der Waals surface area contributed by atoms with Crippen molar-refractivity contribution in [3.63, 3.8) is 0 Å². The molecule has 0 aliphatic carbocycles. The summed E-state index contributed by atoms with van der Waals surface area (Å²) in [7, 11) is 0. The van der Waals surface area contributed by atoms with Gasteiger partial charge in [0.1, 0.15) is 13.1 Å². The monoisotopic (exact) mass is 398 g/mol. The van der Waals surface area contributed by atoms with Crippen LogP contribution in [0.15, 0.2) is 18.2 Å². The molecule has 2 aromatic rings. The van der Waals surface area contributed by atoms with E-state index in [2.05, 4.69) is 23.2 Å². The van der Waals surface area contributed by atoms with Crippen molar-refractivity contribution in [2.75, 3.05) is 52.4 Å². The highest BCUT2D eigenvalue weighted by molar-refractivity contribution is 5.93. The Labute approximate surface area is 173 Å². The van der Waals surface area contributed by atoms with Crippen molar-refractivity contribution in [1.82, 2.24) is 19.9 Å². The molecule has 0 unspecified atom stereocenters. The molecule has 0 atom stereocenters. The molecule has 0 spiro atoms. The molecule has 2 saturated heterocycles. The van der Waals surface area contributed by atoms with Gasteiger partial charge in [0.2, 0.25) is 0 Å². The Morgan fingerprint density at radius 1 is 0.966 bits per heavy atom. The van der Waals surface area contributed by atoms with Crippen LogP contribution in [-0.2, 0) is 0 Å². The highest BCUT2D eigenvalue weighted by Gasteiger charge is 2.29. The average molecular weight is 399 g/mol. The van der Waals surface area contributed by atoms with Crippen LogP contribution in [0.3, 0.4) is 0 Å². The second kappa shape index (κ2) is 8.63. The third-order valence-electron chi connectivity index (χ3n) is 6.45. The number of quaternary nitrogens is 2. The van der Waals surface area contributed by atoms with Gasteiger partial charge in [0.15, 0.2) is 5.69 Å². The molecule has 4 rings (SSSR count). The van der Waals surface area contributed by atoms with E-state index in [9.17, 15) is 4.79 Å². The van der Waals surface area contributed by atoms with E-state index < -0.39 is 0 Å². The number of likely N-dealkylation sites (tertiary alicyclic amines) is 1. The molecule has 7 nitrogen and oxygen atoms in total. The standard InChI is InChI=1S/C22H32N6O/c1-17-6-7-20(18(2)16-17)28-23-19(3)21(24-28)22(29)27-14-12-26(13-15-27)11-10-25-8-4-5-9-25/h6-7,16H,4-5,8-15H2,1-3H3/p+2. The number of benzene rings is 1. The largest absolute Gasteiger partial charge is 0.330 e. The van der Waals surface area contributed by atoms with Gasteiger partial charge in [0.05, 0.1) is 50.6 Å². The molecule has 0 saturated carbocycles. The van der Waals surface area contributed by atoms with Crippen LogP contribution in [0.2, 0.25) is 0 Å². The van der Waals surface area contributed by atoms with Crippen molar-refractivity contribution in [2.45, 2.75) is 33.6 Å². The molecule has 156 valence electrons. The minimum atomic E-state index is 0.0164. The van der Waals surface area contributed by atoms with Crippen molar-refractivity contribution >= 4 is 5.91 Å². The van der Waals surface area contributed by atoms with E-state index in [1.165, 1.54) is 44.6 Å². The number of amides is 1. The predicted octanol–water partition coefficient (Wildman–Crippen LogP) is -0.788. The highest BCUT2D eigenvalue weighted by atomic mass is 16.2. The first-order chi connectivity index (χ1) is 14.0. The maximum absolute atomic E-state index is 13.1. The number of hydrogen-bond acceptors (Lipinski definition) is 3. The van der Waals surface area contributed by atoms with Gasteiger partial charge in [0, 0.05) is 12.8 Å². The summed E-state index contributed by atoms with van der Waals surface area (Å²) in [5.74, 6) is 0.0164. The van der Waals surface area contributed by atoms with Gasteiger partial charge in [-0.25, -0.2) is 0 Å². The van der Waals surface area contributed by atoms with Crippen LogP contribution in [0.25, 0.3) is 5.69 Å². The van der Waals surface area contributed by atoms with E-state index in [-0.39, 0.29) is 5.91 Å². The molecule has 2 N–H and O–H groups in total. The van der Waals surface area contributed by atoms with E-state index in [1.54, 1.807) is 14.6 Å². The van der Waals surface area contributed by atoms with Crippen LogP contribution < -0.4 is 9.80 Å². The molecular weight excluding hydrogens is 364 g/mol. The summed E-state index contributed by atoms with van der Waals surface area (Å²) in [5.41, 5.74) is 4.42. The smallest absolute Gasteiger partial charge is 0.276 e. The molecule has 2 aliphatic rings. The predicted molar refractivity (Wildman–Crippen MR) is 112 cm³/mol. The topological polar surface area (TPSA) is 59.9 Å². The number of hydrogen-bond donors (Lipinski definition) is 2. The highest BCUT2D eigenvalue weighted by Crippen LogP contribution is 2.16. The number of aryl methyl sites for hydroxylation is 3. The van der Waals surface area contributed by atoms with Gasteiger partial charge >= 0.3 is 0 Å². The van der Waals surface area contributed by atoms with Crippen LogP contribution in [0, 0.1) is 20.8 Å². The number of rotatable bonds is 5. The third-order valence-corrected chi connectivity index (χ3v) is 6.45. The number of carbonyl (C=O) groups excluding carboxylic acids is 1. The molecule has 0 radical (unpaired) electrons. The summed E-state index contributed by atoms with van der Waals surface area (Å²) >= 11 is 0. The van der Waals surface area contributed by atoms with Gasteiger partial charge in [-0.2, -0.15) is 9.90 Å². The molecule has 1 aromatic heterocycles. The van der Waals surface area contributed by atoms with Gasteiger partial charge in [0.25, 0.3) is 5.91 Å². The zero-order valence-corrected chi connectivity index (χ0v) is 18.0. The van der Waals surface area contributed by atoms with Gasteiger partial charge in [-0.1, -0.05) is 17.7 Å². The fourth-order valence-corrected chi connectivity index (χ4v) is 4.62. The van der Waals surface area contributed by atoms with Crippen LogP contribution in [0.4, 0.5) is 0 Å². The quantitative estimate of drug-likeness (QED) is 0.694. The van der Waals surface area contributed by atoms with Gasteiger partial charge < -0.3 is 14.7 Å². The molecule has 1 aromatic carbocycles. The third kappa shape index (κ3) is 4.51. The SMILES string of the molecule is Cc1ccc(-n2nc(C)c(C(=O)N3CC[NH+](CC[NH+]4CCCC4)CC3)n2)c(C)c1. The first-order valence-corrected chi connectivity index (χ1v) is 11.0. The minimum Gasteiger partial charge on any atom is -0.330 e. The number of carbonyl (C=O) groups is 1. The molecule has 3 heterocycles. The molecular formula is C22H34N6O+2. The zero-order valence-electron chi connectivity index (χ0n) is 18.0. The minimum absolute atomic E-state index is 0.0164. The van der Waals surface area contributed by atoms with Crippen LogP contribution >= 0.6 is 0 Å². The van der Waals surface area contributed by atoms with E-state index in [0.717, 1.165) is 37.4 Å². The first-order valence-electron chi connectivity index (χ1n) is 11.0. The van der Waals surface area contributed by atoms with Crippen LogP contribution in [0.5, 0.6) is 0 Å². The number of nitrogens with zero attached hydrogens (tertiary/aromatic N) is 4. The van der Waals surface area contributed by atoms with E-state index >= 15 is 0 Å². The number of nitrogens with one attached hydrogen (secondary N) is 2. The lowest BCUT2D eigenvalue weighted by Crippen LogP contribution is -3.21. The lowest BCUT2D eigenvalue weighted by Gasteiger charge is -2.32. The molecule has 29 heavy (non-hydrogen) atoms. The Balaban J connectivity index is 1.37. The molecule has 1 amide bonds. The summed E-state index contributed by atoms with van der Waals surface area (Å²) in [4.78, 5) is 20.0. The molecule has 2 fully saturated rings. The van der Waals surface area contributed by atoms with Crippen LogP contribution in [0.1, 0.15) is 40.2 Å². The van der Waals surface area contributed by atoms with Gasteiger partial charge in [-0.3, -0.25) is 4.79 Å². The normalized spacial score (nSPS) is 18.5. The second-order valence-corrected chi connectivity index (χ2v) is 8.71. The van der Waals surface area contributed by atoms with Crippen molar-refractivity contribution in [2.24, 2.45) is 0 Å². The van der Waals surface area contributed by atoms with E-state index in [0.29, 0.717) is 11.4 Å². The Morgan fingerprint density at radius 3 is 2.28 bits per heavy atom. The van der Waals surface area contributed by atoms with Crippen molar-refractivity contribution in [1.29, 1.82) is 0 Å². The molecule has 2 aliphatic heterocycles. The van der Waals surface area contributed by atoms with E-state index in [4.69, 9.17) is 0 Å². The second-order valence-electron chi connectivity index (χ2n) is 8.71. The summed E-state index contributed by atoms with van der Waals surface area (Å²) < 4.78 is 0. The summed E-state index contributed by atoms with van der Waals surface area (Å²) in [6.45, 7) is 14.8. The maximum Gasteiger partial charge on any atom is 0.276 e. The summed E-state index contributed by atoms with van der Waals surface area (Å²) in [5, 5.41) is 9.08.